The highest BCUT2D eigenvalue weighted by Gasteiger charge is 2.10. The van der Waals surface area contributed by atoms with Crippen LogP contribution in [0.2, 0.25) is 0 Å². The number of H-pyrrole nitrogens is 1. The molecule has 0 fully saturated rings. The summed E-state index contributed by atoms with van der Waals surface area (Å²) in [6, 6.07) is 7.95. The molecule has 0 amide bonds. The van der Waals surface area contributed by atoms with Crippen LogP contribution in [0.1, 0.15) is 23.4 Å². The Morgan fingerprint density at radius 2 is 2.21 bits per heavy atom. The Kier molecular flexibility index (Phi) is 2.91. The maximum absolute atomic E-state index is 11.1. The van der Waals surface area contributed by atoms with Crippen molar-refractivity contribution in [1.82, 2.24) is 4.98 Å². The monoisotopic (exact) mass is 274 g/mol. The van der Waals surface area contributed by atoms with Crippen molar-refractivity contribution in [2.75, 3.05) is 5.32 Å². The van der Waals surface area contributed by atoms with Gasteiger partial charge in [0.2, 0.25) is 0 Å². The zero-order valence-corrected chi connectivity index (χ0v) is 11.5. The number of anilines is 1. The molecular weight excluding hydrogens is 260 g/mol. The highest BCUT2D eigenvalue weighted by Crippen LogP contribution is 2.27. The molecule has 1 unspecified atom stereocenters. The fraction of sp³-hybridized carbons (Fsp3) is 0.214. The Morgan fingerprint density at radius 3 is 2.95 bits per heavy atom. The molecule has 3 rings (SSSR count). The molecule has 0 aliphatic carbocycles. The van der Waals surface area contributed by atoms with Crippen LogP contribution in [0.15, 0.2) is 38.9 Å². The summed E-state index contributed by atoms with van der Waals surface area (Å²) in [5, 5.41) is 5.53. The van der Waals surface area contributed by atoms with Crippen molar-refractivity contribution in [3.05, 3.63) is 50.6 Å². The van der Waals surface area contributed by atoms with Gasteiger partial charge in [0.25, 0.3) is 0 Å². The van der Waals surface area contributed by atoms with E-state index in [4.69, 9.17) is 4.42 Å². The molecule has 0 bridgehead atoms. The fourth-order valence-corrected chi connectivity index (χ4v) is 3.12. The normalized spacial score (nSPS) is 12.7. The number of aromatic amines is 1. The van der Waals surface area contributed by atoms with Crippen molar-refractivity contribution in [1.29, 1.82) is 0 Å². The average molecular weight is 274 g/mol. The van der Waals surface area contributed by atoms with Crippen molar-refractivity contribution in [2.24, 2.45) is 0 Å². The molecule has 0 aliphatic heterocycles. The maximum atomic E-state index is 11.1. The van der Waals surface area contributed by atoms with Crippen LogP contribution in [-0.4, -0.2) is 4.98 Å². The van der Waals surface area contributed by atoms with Gasteiger partial charge < -0.3 is 9.73 Å². The molecule has 3 aromatic rings. The molecule has 2 heterocycles. The number of benzene rings is 1. The van der Waals surface area contributed by atoms with E-state index >= 15 is 0 Å². The molecule has 0 aliphatic rings. The lowest BCUT2D eigenvalue weighted by Crippen LogP contribution is -2.05. The lowest BCUT2D eigenvalue weighted by Gasteiger charge is -2.14. The summed E-state index contributed by atoms with van der Waals surface area (Å²) in [7, 11) is 0. The van der Waals surface area contributed by atoms with E-state index in [-0.39, 0.29) is 6.04 Å². The lowest BCUT2D eigenvalue weighted by molar-refractivity contribution is 0.555. The highest BCUT2D eigenvalue weighted by molar-refractivity contribution is 7.10. The molecule has 19 heavy (non-hydrogen) atoms. The molecule has 2 N–H and O–H groups in total. The molecular formula is C14H14N2O2S. The molecule has 5 heteroatoms. The summed E-state index contributed by atoms with van der Waals surface area (Å²) in [5.74, 6) is -0.422. The van der Waals surface area contributed by atoms with Crippen LogP contribution in [-0.2, 0) is 0 Å². The minimum atomic E-state index is -0.422. The van der Waals surface area contributed by atoms with E-state index in [0.29, 0.717) is 11.1 Å². The predicted octanol–water partition coefficient (Wildman–Crippen LogP) is 3.66. The zero-order chi connectivity index (χ0) is 13.4. The van der Waals surface area contributed by atoms with Gasteiger partial charge in [0.05, 0.1) is 11.6 Å². The topological polar surface area (TPSA) is 58.0 Å². The largest absolute Gasteiger partial charge is 0.417 e. The van der Waals surface area contributed by atoms with Crippen molar-refractivity contribution in [2.45, 2.75) is 19.9 Å². The minimum Gasteiger partial charge on any atom is -0.408 e. The third-order valence-electron chi connectivity index (χ3n) is 3.10. The summed E-state index contributed by atoms with van der Waals surface area (Å²) in [4.78, 5) is 15.1. The third kappa shape index (κ3) is 2.29. The van der Waals surface area contributed by atoms with Gasteiger partial charge >= 0.3 is 5.76 Å². The fourth-order valence-electron chi connectivity index (χ4n) is 2.19. The summed E-state index contributed by atoms with van der Waals surface area (Å²) in [5.41, 5.74) is 3.55. The van der Waals surface area contributed by atoms with Gasteiger partial charge in [-0.25, -0.2) is 4.79 Å². The Bertz CT molecular complexity index is 769. The van der Waals surface area contributed by atoms with E-state index in [0.717, 1.165) is 5.69 Å². The van der Waals surface area contributed by atoms with E-state index in [1.54, 1.807) is 17.4 Å². The van der Waals surface area contributed by atoms with E-state index in [1.165, 1.54) is 10.4 Å². The Morgan fingerprint density at radius 1 is 1.37 bits per heavy atom. The van der Waals surface area contributed by atoms with E-state index in [9.17, 15) is 4.79 Å². The SMILES string of the molecule is Cc1ccsc1C(C)Nc1ccc2oc(=O)[nH]c2c1. The summed E-state index contributed by atoms with van der Waals surface area (Å²) in [6.07, 6.45) is 0. The number of hydrogen-bond acceptors (Lipinski definition) is 4. The van der Waals surface area contributed by atoms with Crippen LogP contribution in [0.5, 0.6) is 0 Å². The van der Waals surface area contributed by atoms with E-state index < -0.39 is 5.76 Å². The van der Waals surface area contributed by atoms with Gasteiger partial charge in [-0.15, -0.1) is 11.3 Å². The number of rotatable bonds is 3. The first-order valence-corrected chi connectivity index (χ1v) is 6.95. The third-order valence-corrected chi connectivity index (χ3v) is 4.30. The number of aryl methyl sites for hydroxylation is 1. The predicted molar refractivity (Wildman–Crippen MR) is 77.9 cm³/mol. The van der Waals surface area contributed by atoms with Gasteiger partial charge in [-0.1, -0.05) is 0 Å². The summed E-state index contributed by atoms with van der Waals surface area (Å²) in [6.45, 7) is 4.24. The molecule has 0 spiro atoms. The maximum Gasteiger partial charge on any atom is 0.417 e. The second-order valence-corrected chi connectivity index (χ2v) is 5.51. The van der Waals surface area contributed by atoms with Crippen molar-refractivity contribution >= 4 is 28.1 Å². The highest BCUT2D eigenvalue weighted by atomic mass is 32.1. The Hall–Kier alpha value is -2.01. The van der Waals surface area contributed by atoms with Gasteiger partial charge in [0.15, 0.2) is 5.58 Å². The molecule has 1 aromatic carbocycles. The van der Waals surface area contributed by atoms with Crippen LogP contribution in [0, 0.1) is 6.92 Å². The standard InChI is InChI=1S/C14H14N2O2S/c1-8-5-6-19-13(8)9(2)15-10-3-4-12-11(7-10)16-14(17)18-12/h3-7,9,15H,1-2H3,(H,16,17). The number of thiophene rings is 1. The second-order valence-electron chi connectivity index (χ2n) is 4.56. The minimum absolute atomic E-state index is 0.232. The molecule has 1 atom stereocenters. The molecule has 0 saturated carbocycles. The van der Waals surface area contributed by atoms with Crippen LogP contribution < -0.4 is 11.1 Å². The lowest BCUT2D eigenvalue weighted by atomic mass is 10.2. The molecule has 0 radical (unpaired) electrons. The molecule has 98 valence electrons. The van der Waals surface area contributed by atoms with Crippen LogP contribution in [0.3, 0.4) is 0 Å². The van der Waals surface area contributed by atoms with Gasteiger partial charge in [0.1, 0.15) is 0 Å². The number of oxazole rings is 1. The summed E-state index contributed by atoms with van der Waals surface area (Å²) >= 11 is 1.75. The van der Waals surface area contributed by atoms with Crippen molar-refractivity contribution < 1.29 is 4.42 Å². The van der Waals surface area contributed by atoms with Gasteiger partial charge in [-0.2, -0.15) is 0 Å². The quantitative estimate of drug-likeness (QED) is 0.766. The molecule has 2 aromatic heterocycles. The van der Waals surface area contributed by atoms with Gasteiger partial charge in [-0.3, -0.25) is 4.98 Å². The first-order valence-electron chi connectivity index (χ1n) is 6.07. The summed E-state index contributed by atoms with van der Waals surface area (Å²) < 4.78 is 4.98. The number of aromatic nitrogens is 1. The second kappa shape index (κ2) is 4.59. The Labute approximate surface area is 114 Å². The molecule has 0 saturated heterocycles. The first-order chi connectivity index (χ1) is 9.13. The molecule has 4 nitrogen and oxygen atoms in total. The van der Waals surface area contributed by atoms with Crippen molar-refractivity contribution in [3.63, 3.8) is 0 Å². The number of nitrogens with one attached hydrogen (secondary N) is 2. The smallest absolute Gasteiger partial charge is 0.408 e. The average Bonchev–Trinajstić information content (AvgIpc) is 2.93. The number of hydrogen-bond donors (Lipinski definition) is 2. The first kappa shape index (κ1) is 12.0. The zero-order valence-electron chi connectivity index (χ0n) is 10.7. The van der Waals surface area contributed by atoms with Crippen molar-refractivity contribution in [3.8, 4) is 0 Å². The Balaban J connectivity index is 1.88. The number of fused-ring (bicyclic) bond motifs is 1. The van der Waals surface area contributed by atoms with Crippen LogP contribution in [0.25, 0.3) is 11.1 Å². The van der Waals surface area contributed by atoms with Crippen LogP contribution in [0.4, 0.5) is 5.69 Å². The van der Waals surface area contributed by atoms with Crippen LogP contribution >= 0.6 is 11.3 Å². The van der Waals surface area contributed by atoms with Gasteiger partial charge in [-0.05, 0) is 49.1 Å². The van der Waals surface area contributed by atoms with Gasteiger partial charge in [0, 0.05) is 10.6 Å². The van der Waals surface area contributed by atoms with E-state index in [1.807, 2.05) is 12.1 Å². The van der Waals surface area contributed by atoms with E-state index in [2.05, 4.69) is 35.6 Å².